The number of amides is 2. The smallest absolute Gasteiger partial charge is 0.326 e. The van der Waals surface area contributed by atoms with Crippen LogP contribution >= 0.6 is 0 Å². The zero-order chi connectivity index (χ0) is 14.4. The Bertz CT molecular complexity index is 420. The van der Waals surface area contributed by atoms with Gasteiger partial charge in [-0.05, 0) is 5.92 Å². The van der Waals surface area contributed by atoms with Gasteiger partial charge in [-0.25, -0.2) is 14.6 Å². The van der Waals surface area contributed by atoms with Crippen molar-refractivity contribution in [2.75, 3.05) is 7.05 Å². The Morgan fingerprint density at radius 3 is 2.74 bits per heavy atom. The molecule has 0 saturated carbocycles. The van der Waals surface area contributed by atoms with Crippen molar-refractivity contribution in [3.63, 3.8) is 0 Å². The molecule has 0 spiro atoms. The average molecular weight is 269 g/mol. The Labute approximate surface area is 111 Å². The molecule has 1 aromatic heterocycles. The molecular formula is C11H19N5O3. The van der Waals surface area contributed by atoms with E-state index in [1.54, 1.807) is 14.0 Å². The minimum absolute atomic E-state index is 0.139. The van der Waals surface area contributed by atoms with E-state index in [9.17, 15) is 9.59 Å². The lowest BCUT2D eigenvalue weighted by Gasteiger charge is -2.23. The largest absolute Gasteiger partial charge is 0.480 e. The number of hydrogen-bond donors (Lipinski definition) is 3. The molecule has 0 aliphatic rings. The normalized spacial score (nSPS) is 13.6. The molecule has 2 amide bonds. The highest BCUT2D eigenvalue weighted by Crippen LogP contribution is 2.08. The van der Waals surface area contributed by atoms with Gasteiger partial charge < -0.3 is 15.3 Å². The van der Waals surface area contributed by atoms with Crippen LogP contribution in [0, 0.1) is 5.92 Å². The Hall–Kier alpha value is -2.12. The number of nitrogens with zero attached hydrogens (tertiary/aromatic N) is 3. The second-order valence-electron chi connectivity index (χ2n) is 4.44. The summed E-state index contributed by atoms with van der Waals surface area (Å²) in [6, 6.07) is -1.35. The lowest BCUT2D eigenvalue weighted by atomic mass is 9.99. The van der Waals surface area contributed by atoms with Crippen LogP contribution in [0.1, 0.15) is 26.1 Å². The first-order chi connectivity index (χ1) is 8.95. The van der Waals surface area contributed by atoms with Crippen LogP contribution in [-0.4, -0.2) is 50.3 Å². The van der Waals surface area contributed by atoms with Crippen LogP contribution < -0.4 is 5.32 Å². The number of aliphatic carboxylic acids is 1. The third kappa shape index (κ3) is 4.23. The van der Waals surface area contributed by atoms with Crippen molar-refractivity contribution in [1.82, 2.24) is 25.4 Å². The second-order valence-corrected chi connectivity index (χ2v) is 4.44. The highest BCUT2D eigenvalue weighted by atomic mass is 16.4. The molecule has 8 heteroatoms. The summed E-state index contributed by atoms with van der Waals surface area (Å²) in [4.78, 5) is 28.3. The molecule has 0 aliphatic heterocycles. The number of urea groups is 1. The fourth-order valence-electron chi connectivity index (χ4n) is 1.53. The number of aromatic nitrogens is 3. The van der Waals surface area contributed by atoms with Crippen LogP contribution in [0.25, 0.3) is 0 Å². The summed E-state index contributed by atoms with van der Waals surface area (Å²) < 4.78 is 0. The van der Waals surface area contributed by atoms with Gasteiger partial charge in [-0.15, -0.1) is 0 Å². The minimum Gasteiger partial charge on any atom is -0.480 e. The molecule has 1 aromatic rings. The van der Waals surface area contributed by atoms with Gasteiger partial charge >= 0.3 is 12.0 Å². The predicted octanol–water partition coefficient (Wildman–Crippen LogP) is 0.445. The van der Waals surface area contributed by atoms with E-state index >= 15 is 0 Å². The van der Waals surface area contributed by atoms with Crippen molar-refractivity contribution in [3.05, 3.63) is 12.2 Å². The number of H-pyrrole nitrogens is 1. The quantitative estimate of drug-likeness (QED) is 0.694. The molecule has 0 unspecified atom stereocenters. The van der Waals surface area contributed by atoms with Gasteiger partial charge in [0, 0.05) is 7.05 Å². The summed E-state index contributed by atoms with van der Waals surface area (Å²) in [5.74, 6) is -0.635. The zero-order valence-corrected chi connectivity index (χ0v) is 11.3. The van der Waals surface area contributed by atoms with E-state index in [1.165, 1.54) is 11.2 Å². The SMILES string of the molecule is CC[C@H](C)[C@H](NC(=O)N(C)Cc1ncn[nH]1)C(=O)O. The van der Waals surface area contributed by atoms with E-state index in [-0.39, 0.29) is 12.5 Å². The molecule has 19 heavy (non-hydrogen) atoms. The van der Waals surface area contributed by atoms with E-state index in [4.69, 9.17) is 5.11 Å². The maximum absolute atomic E-state index is 11.9. The monoisotopic (exact) mass is 269 g/mol. The van der Waals surface area contributed by atoms with Crippen LogP contribution in [0.2, 0.25) is 0 Å². The van der Waals surface area contributed by atoms with Crippen LogP contribution in [0.15, 0.2) is 6.33 Å². The van der Waals surface area contributed by atoms with Crippen LogP contribution in [0.5, 0.6) is 0 Å². The highest BCUT2D eigenvalue weighted by molar-refractivity contribution is 5.82. The van der Waals surface area contributed by atoms with Crippen molar-refractivity contribution in [3.8, 4) is 0 Å². The molecular weight excluding hydrogens is 250 g/mol. The summed E-state index contributed by atoms with van der Waals surface area (Å²) in [7, 11) is 1.56. The molecule has 2 atom stereocenters. The van der Waals surface area contributed by atoms with E-state index in [2.05, 4.69) is 20.5 Å². The first kappa shape index (κ1) is 14.9. The van der Waals surface area contributed by atoms with Crippen LogP contribution in [0.4, 0.5) is 4.79 Å². The maximum Gasteiger partial charge on any atom is 0.326 e. The van der Waals surface area contributed by atoms with Gasteiger partial charge in [-0.1, -0.05) is 20.3 Å². The molecule has 3 N–H and O–H groups in total. The Balaban J connectivity index is 2.58. The maximum atomic E-state index is 11.9. The third-order valence-corrected chi connectivity index (χ3v) is 2.96. The second kappa shape index (κ2) is 6.72. The number of carbonyl (C=O) groups is 2. The van der Waals surface area contributed by atoms with E-state index < -0.39 is 18.0 Å². The van der Waals surface area contributed by atoms with Gasteiger partial charge in [0.05, 0.1) is 6.54 Å². The summed E-state index contributed by atoms with van der Waals surface area (Å²) in [6.07, 6.45) is 2.02. The first-order valence-electron chi connectivity index (χ1n) is 6.04. The Morgan fingerprint density at radius 1 is 1.58 bits per heavy atom. The van der Waals surface area contributed by atoms with E-state index in [0.29, 0.717) is 12.2 Å². The molecule has 106 valence electrons. The number of carboxylic acid groups (broad SMARTS) is 1. The van der Waals surface area contributed by atoms with Crippen molar-refractivity contribution in [1.29, 1.82) is 0 Å². The molecule has 0 fully saturated rings. The van der Waals surface area contributed by atoms with Gasteiger partial charge in [0.2, 0.25) is 0 Å². The molecule has 0 bridgehead atoms. The van der Waals surface area contributed by atoms with Crippen molar-refractivity contribution in [2.45, 2.75) is 32.9 Å². The van der Waals surface area contributed by atoms with Crippen LogP contribution in [-0.2, 0) is 11.3 Å². The van der Waals surface area contributed by atoms with Gasteiger partial charge in [0.25, 0.3) is 0 Å². The van der Waals surface area contributed by atoms with Crippen LogP contribution in [0.3, 0.4) is 0 Å². The molecule has 0 radical (unpaired) electrons. The number of aromatic amines is 1. The van der Waals surface area contributed by atoms with Crippen molar-refractivity contribution in [2.24, 2.45) is 5.92 Å². The summed E-state index contributed by atoms with van der Waals surface area (Å²) in [6.45, 7) is 3.90. The number of carboxylic acids is 1. The number of carbonyl (C=O) groups excluding carboxylic acids is 1. The van der Waals surface area contributed by atoms with Gasteiger partial charge in [0.1, 0.15) is 18.2 Å². The molecule has 0 saturated heterocycles. The molecule has 8 nitrogen and oxygen atoms in total. The van der Waals surface area contributed by atoms with E-state index in [0.717, 1.165) is 0 Å². The molecule has 0 aromatic carbocycles. The average Bonchev–Trinajstić information content (AvgIpc) is 2.86. The first-order valence-corrected chi connectivity index (χ1v) is 6.04. The van der Waals surface area contributed by atoms with Crippen molar-refractivity contribution < 1.29 is 14.7 Å². The van der Waals surface area contributed by atoms with E-state index in [1.807, 2.05) is 6.92 Å². The minimum atomic E-state index is -1.03. The van der Waals surface area contributed by atoms with Gasteiger partial charge in [-0.2, -0.15) is 5.10 Å². The fourth-order valence-corrected chi connectivity index (χ4v) is 1.53. The summed E-state index contributed by atoms with van der Waals surface area (Å²) in [5.41, 5.74) is 0. The van der Waals surface area contributed by atoms with Crippen molar-refractivity contribution >= 4 is 12.0 Å². The predicted molar refractivity (Wildman–Crippen MR) is 67.3 cm³/mol. The number of hydrogen-bond acceptors (Lipinski definition) is 4. The van der Waals surface area contributed by atoms with Gasteiger partial charge in [0.15, 0.2) is 0 Å². The number of nitrogens with one attached hydrogen (secondary N) is 2. The van der Waals surface area contributed by atoms with Gasteiger partial charge in [-0.3, -0.25) is 5.10 Å². The highest BCUT2D eigenvalue weighted by Gasteiger charge is 2.26. The summed E-state index contributed by atoms with van der Waals surface area (Å²) in [5, 5.41) is 17.9. The number of rotatable bonds is 6. The molecule has 1 rings (SSSR count). The topological polar surface area (TPSA) is 111 Å². The lowest BCUT2D eigenvalue weighted by molar-refractivity contribution is -0.140. The fraction of sp³-hybridized carbons (Fsp3) is 0.636. The molecule has 1 heterocycles. The molecule has 0 aliphatic carbocycles. The Kier molecular flexibility index (Phi) is 5.28. The summed E-state index contributed by atoms with van der Waals surface area (Å²) >= 11 is 0. The zero-order valence-electron chi connectivity index (χ0n) is 11.3. The third-order valence-electron chi connectivity index (χ3n) is 2.96. The lowest BCUT2D eigenvalue weighted by Crippen LogP contribution is -2.49. The standard InChI is InChI=1S/C11H19N5O3/c1-4-7(2)9(10(17)18)14-11(19)16(3)5-8-12-6-13-15-8/h6-7,9H,4-5H2,1-3H3,(H,14,19)(H,17,18)(H,12,13,15)/t7-,9-/m0/s1. The Morgan fingerprint density at radius 2 is 2.26 bits per heavy atom.